The summed E-state index contributed by atoms with van der Waals surface area (Å²) in [7, 11) is 0. The second kappa shape index (κ2) is 19.1. The van der Waals surface area contributed by atoms with Gasteiger partial charge in [0.15, 0.2) is 0 Å². The summed E-state index contributed by atoms with van der Waals surface area (Å²) in [5, 5.41) is 29.9. The first kappa shape index (κ1) is 43.8. The third-order valence-electron chi connectivity index (χ3n) is 12.3. The highest BCUT2D eigenvalue weighted by atomic mass is 35.5. The number of halogens is 1. The van der Waals surface area contributed by atoms with Crippen LogP contribution in [0.3, 0.4) is 0 Å². The number of aliphatic carboxylic acids is 2. The van der Waals surface area contributed by atoms with Gasteiger partial charge in [0, 0.05) is 54.7 Å². The van der Waals surface area contributed by atoms with E-state index < -0.39 is 40.3 Å². The molecule has 59 heavy (non-hydrogen) atoms. The van der Waals surface area contributed by atoms with E-state index in [9.17, 15) is 29.7 Å². The van der Waals surface area contributed by atoms with Gasteiger partial charge in [0.1, 0.15) is 36.4 Å². The number of aliphatic hydroxyl groups is 1. The number of allylic oxidation sites excluding steroid dienone is 2. The molecule has 2 fully saturated rings. The number of likely N-dealkylation sites (tertiary alicyclic amines) is 2. The smallest absolute Gasteiger partial charge is 0.320 e. The number of nitrogens with zero attached hydrogens (tertiary/aromatic N) is 3. The molecule has 3 heterocycles. The number of aromatic nitrogens is 1. The van der Waals surface area contributed by atoms with Crippen molar-refractivity contribution in [1.82, 2.24) is 14.8 Å². The predicted molar refractivity (Wildman–Crippen MR) is 223 cm³/mol. The first-order chi connectivity index (χ1) is 28.3. The van der Waals surface area contributed by atoms with Gasteiger partial charge in [-0.3, -0.25) is 24.3 Å². The first-order valence-corrected chi connectivity index (χ1v) is 20.6. The number of hydrogen-bond donors (Lipinski definition) is 4. The number of piperidine rings is 2. The fourth-order valence-electron chi connectivity index (χ4n) is 8.38. The van der Waals surface area contributed by atoms with E-state index >= 15 is 0 Å². The SMILES string of the molecule is CC1(C)C(c2ccccc2)=CC=CC1(COc1cc(OCc2cncc(C(N)=O)c2)c(CN2CCCC[C@H]2C(=O)O)cc1Cl)OCCCN1CCC(CO)(C(=O)O)CC1. The molecule has 1 unspecified atom stereocenters. The highest BCUT2D eigenvalue weighted by Crippen LogP contribution is 2.49. The Morgan fingerprint density at radius 2 is 1.75 bits per heavy atom. The van der Waals surface area contributed by atoms with Crippen LogP contribution < -0.4 is 15.2 Å². The molecule has 3 aromatic rings. The van der Waals surface area contributed by atoms with E-state index in [1.54, 1.807) is 24.4 Å². The molecule has 2 aromatic carbocycles. The van der Waals surface area contributed by atoms with Crippen LogP contribution in [0.1, 0.15) is 79.4 Å². The van der Waals surface area contributed by atoms with Crippen LogP contribution in [0, 0.1) is 10.8 Å². The van der Waals surface area contributed by atoms with Crippen molar-refractivity contribution in [2.75, 3.05) is 46.0 Å². The number of benzene rings is 2. The molecule has 0 bridgehead atoms. The van der Waals surface area contributed by atoms with E-state index in [4.69, 9.17) is 31.5 Å². The summed E-state index contributed by atoms with van der Waals surface area (Å²) in [6.45, 7) is 7.17. The molecule has 1 amide bonds. The third-order valence-corrected chi connectivity index (χ3v) is 12.6. The maximum Gasteiger partial charge on any atom is 0.320 e. The number of carbonyl (C=O) groups excluding carboxylic acids is 1. The van der Waals surface area contributed by atoms with E-state index in [1.165, 1.54) is 6.20 Å². The molecule has 3 aliphatic rings. The highest BCUT2D eigenvalue weighted by molar-refractivity contribution is 6.32. The topological polar surface area (TPSA) is 185 Å². The lowest BCUT2D eigenvalue weighted by Gasteiger charge is -2.47. The number of nitrogens with two attached hydrogens (primary N) is 1. The average Bonchev–Trinajstić information content (AvgIpc) is 3.23. The number of amides is 1. The second-order valence-corrected chi connectivity index (χ2v) is 16.7. The summed E-state index contributed by atoms with van der Waals surface area (Å²) in [6, 6.07) is 14.6. The van der Waals surface area contributed by atoms with Crippen molar-refractivity contribution in [3.05, 3.63) is 106 Å². The normalized spacial score (nSPS) is 21.7. The number of carboxylic acids is 2. The molecule has 0 saturated carbocycles. The maximum atomic E-state index is 12.2. The lowest BCUT2D eigenvalue weighted by Crippen LogP contribution is -2.52. The zero-order chi connectivity index (χ0) is 42.2. The molecule has 0 spiro atoms. The van der Waals surface area contributed by atoms with Crippen LogP contribution in [0.4, 0.5) is 0 Å². The molecule has 2 aliphatic heterocycles. The van der Waals surface area contributed by atoms with Crippen LogP contribution in [0.5, 0.6) is 11.5 Å². The van der Waals surface area contributed by atoms with Crippen molar-refractivity contribution in [2.24, 2.45) is 16.6 Å². The van der Waals surface area contributed by atoms with Crippen molar-refractivity contribution >= 4 is 35.0 Å². The van der Waals surface area contributed by atoms with Crippen molar-refractivity contribution in [1.29, 1.82) is 0 Å². The Hall–Kier alpha value is -4.79. The Bertz CT molecular complexity index is 2030. The quantitative estimate of drug-likeness (QED) is 0.106. The lowest BCUT2D eigenvalue weighted by molar-refractivity contribution is -0.155. The van der Waals surface area contributed by atoms with Crippen LogP contribution in [-0.4, -0.2) is 106 Å². The summed E-state index contributed by atoms with van der Waals surface area (Å²) < 4.78 is 20.0. The van der Waals surface area contributed by atoms with Gasteiger partial charge in [-0.05, 0) is 81.1 Å². The summed E-state index contributed by atoms with van der Waals surface area (Å²) in [5.41, 5.74) is 6.54. The zero-order valence-electron chi connectivity index (χ0n) is 33.8. The molecule has 1 aromatic heterocycles. The van der Waals surface area contributed by atoms with Crippen molar-refractivity contribution < 1.29 is 43.9 Å². The standard InChI is InChI=1S/C45H55ClN4O9/c1-43(2)35(32-10-4-3-5-11-32)12-8-14-45(43,59-21-9-17-49-19-15-44(29-51,16-20-49)42(55)56)30-58-39-24-38(57-28-31-22-33(40(47)52)26-48-25-31)34(23-36(39)46)27-50-18-7-6-13-37(50)41(53)54/h3-5,8,10-12,14,22-26,37,51H,6-7,9,13,15-21,27-30H2,1-2H3,(H2,47,52)(H,53,54)(H,55,56)/t37-,45?/m0/s1. The molecule has 2 saturated heterocycles. The minimum Gasteiger partial charge on any atom is -0.488 e. The van der Waals surface area contributed by atoms with Crippen LogP contribution in [0.2, 0.25) is 5.02 Å². The number of carbonyl (C=O) groups is 3. The van der Waals surface area contributed by atoms with Crippen LogP contribution in [0.25, 0.3) is 5.57 Å². The van der Waals surface area contributed by atoms with Crippen molar-refractivity contribution in [3.63, 3.8) is 0 Å². The molecule has 14 heteroatoms. The average molecular weight is 831 g/mol. The number of primary amides is 1. The number of carboxylic acid groups (broad SMARTS) is 2. The fourth-order valence-corrected chi connectivity index (χ4v) is 8.62. The van der Waals surface area contributed by atoms with Gasteiger partial charge < -0.3 is 40.2 Å². The second-order valence-electron chi connectivity index (χ2n) is 16.3. The number of ether oxygens (including phenoxy) is 3. The van der Waals surface area contributed by atoms with Gasteiger partial charge in [-0.2, -0.15) is 0 Å². The molecule has 13 nitrogen and oxygen atoms in total. The van der Waals surface area contributed by atoms with Gasteiger partial charge in [0.05, 0.1) is 22.6 Å². The number of aliphatic hydroxyl groups excluding tert-OH is 1. The van der Waals surface area contributed by atoms with Crippen LogP contribution in [-0.2, 0) is 27.5 Å². The predicted octanol–water partition coefficient (Wildman–Crippen LogP) is 6.22. The fraction of sp³-hybridized carbons (Fsp3) is 0.467. The Morgan fingerprint density at radius 1 is 0.983 bits per heavy atom. The molecule has 0 radical (unpaired) electrons. The van der Waals surface area contributed by atoms with Gasteiger partial charge in [-0.1, -0.05) is 74.4 Å². The van der Waals surface area contributed by atoms with Crippen LogP contribution in [0.15, 0.2) is 79.2 Å². The van der Waals surface area contributed by atoms with Gasteiger partial charge >= 0.3 is 11.9 Å². The van der Waals surface area contributed by atoms with E-state index in [2.05, 4.69) is 41.9 Å². The van der Waals surface area contributed by atoms with Gasteiger partial charge in [0.2, 0.25) is 5.91 Å². The van der Waals surface area contributed by atoms with Crippen LogP contribution >= 0.6 is 11.6 Å². The molecular weight excluding hydrogens is 776 g/mol. The van der Waals surface area contributed by atoms with Crippen molar-refractivity contribution in [2.45, 2.75) is 77.2 Å². The Kier molecular flexibility index (Phi) is 14.2. The molecule has 1 aliphatic carbocycles. The molecule has 5 N–H and O–H groups in total. The monoisotopic (exact) mass is 830 g/mol. The van der Waals surface area contributed by atoms with E-state index in [0.717, 1.165) is 24.0 Å². The number of hydrogen-bond acceptors (Lipinski definition) is 10. The summed E-state index contributed by atoms with van der Waals surface area (Å²) in [4.78, 5) is 44.2. The first-order valence-electron chi connectivity index (χ1n) is 20.2. The maximum absolute atomic E-state index is 12.2. The van der Waals surface area contributed by atoms with Gasteiger partial charge in [0.25, 0.3) is 0 Å². The highest BCUT2D eigenvalue weighted by Gasteiger charge is 2.49. The molecule has 316 valence electrons. The summed E-state index contributed by atoms with van der Waals surface area (Å²) in [5.74, 6) is -1.64. The summed E-state index contributed by atoms with van der Waals surface area (Å²) in [6.07, 6.45) is 12.8. The number of pyridine rings is 1. The Labute approximate surface area is 350 Å². The molecular formula is C45H55ClN4O9. The minimum atomic E-state index is -1.09. The molecule has 2 atom stereocenters. The zero-order valence-corrected chi connectivity index (χ0v) is 34.5. The van der Waals surface area contributed by atoms with Crippen molar-refractivity contribution in [3.8, 4) is 11.5 Å². The Morgan fingerprint density at radius 3 is 2.44 bits per heavy atom. The molecule has 6 rings (SSSR count). The van der Waals surface area contributed by atoms with E-state index in [-0.39, 0.29) is 31.9 Å². The largest absolute Gasteiger partial charge is 0.488 e. The summed E-state index contributed by atoms with van der Waals surface area (Å²) >= 11 is 7.01. The van der Waals surface area contributed by atoms with E-state index in [0.29, 0.717) is 86.1 Å². The lowest BCUT2D eigenvalue weighted by atomic mass is 9.65. The van der Waals surface area contributed by atoms with Gasteiger partial charge in [-0.25, -0.2) is 0 Å². The number of rotatable bonds is 18. The minimum absolute atomic E-state index is 0.0485. The van der Waals surface area contributed by atoms with E-state index in [1.807, 2.05) is 35.3 Å². The Balaban J connectivity index is 1.25. The van der Waals surface area contributed by atoms with Gasteiger partial charge in [-0.15, -0.1) is 0 Å². The third kappa shape index (κ3) is 9.99.